The van der Waals surface area contributed by atoms with E-state index in [1.54, 1.807) is 6.20 Å². The van der Waals surface area contributed by atoms with Crippen molar-refractivity contribution in [2.24, 2.45) is 5.92 Å². The van der Waals surface area contributed by atoms with Gasteiger partial charge in [0.05, 0.1) is 34.3 Å². The summed E-state index contributed by atoms with van der Waals surface area (Å²) in [7, 11) is 0. The van der Waals surface area contributed by atoms with E-state index in [9.17, 15) is 9.59 Å². The first kappa shape index (κ1) is 24.6. The van der Waals surface area contributed by atoms with Gasteiger partial charge in [0.2, 0.25) is 0 Å². The van der Waals surface area contributed by atoms with Gasteiger partial charge in [-0.25, -0.2) is 0 Å². The smallest absolute Gasteiger partial charge is 0.315 e. The van der Waals surface area contributed by atoms with E-state index in [1.807, 2.05) is 99.8 Å². The van der Waals surface area contributed by atoms with Crippen LogP contribution < -0.4 is 11.1 Å². The minimum atomic E-state index is -0.681. The number of nitriles is 1. The topological polar surface area (TPSA) is 104 Å². The van der Waals surface area contributed by atoms with Crippen LogP contribution >= 0.6 is 0 Å². The lowest BCUT2D eigenvalue weighted by atomic mass is 10.0. The second kappa shape index (κ2) is 10.1. The highest BCUT2D eigenvalue weighted by Crippen LogP contribution is 2.29. The third kappa shape index (κ3) is 4.67. The van der Waals surface area contributed by atoms with Gasteiger partial charge in [0, 0.05) is 34.1 Å². The van der Waals surface area contributed by atoms with Crippen molar-refractivity contribution in [2.75, 3.05) is 0 Å². The van der Waals surface area contributed by atoms with Crippen molar-refractivity contribution in [1.82, 2.24) is 19.5 Å². The number of nitrogens with one attached hydrogen (secondary N) is 1. The number of pyridine rings is 2. The third-order valence-corrected chi connectivity index (χ3v) is 6.18. The highest BCUT2D eigenvalue weighted by molar-refractivity contribution is 6.04. The summed E-state index contributed by atoms with van der Waals surface area (Å²) in [5, 5.41) is 9.71. The predicted octanol–water partition coefficient (Wildman–Crippen LogP) is 5.92. The summed E-state index contributed by atoms with van der Waals surface area (Å²) >= 11 is 0. The molecule has 6 rings (SSSR count). The molecule has 7 nitrogen and oxygen atoms in total. The maximum atomic E-state index is 13.0. The molecule has 3 aromatic carbocycles. The number of H-pyrrole nitrogens is 1. The molecule has 0 spiro atoms. The number of benzene rings is 3. The lowest BCUT2D eigenvalue weighted by molar-refractivity contribution is 0.849. The Morgan fingerprint density at radius 1 is 0.868 bits per heavy atom. The highest BCUT2D eigenvalue weighted by atomic mass is 16.2. The molecule has 3 heterocycles. The van der Waals surface area contributed by atoms with E-state index in [0.29, 0.717) is 16.7 Å². The fraction of sp³-hybridized carbons (Fsp3) is 0.129. The van der Waals surface area contributed by atoms with Crippen LogP contribution in [0.25, 0.3) is 49.7 Å². The molecular formula is C31H25N5O2. The Bertz CT molecular complexity index is 1960. The molecule has 0 saturated heterocycles. The standard InChI is InChI=1S/C27H18N4O2.C4H7N/c1-16-6-9-20(10-7-16)31-25-21-13-17(19-12-18-4-2-3-5-22(18)28-14-19)8-11-23(21)29-15-24(25)30-26(32)27(31)33;1-4(2)3-5/h2-15H,1H3,(H,30,32);4H,1-2H3. The molecule has 38 heavy (non-hydrogen) atoms. The van der Waals surface area contributed by atoms with E-state index in [1.165, 1.54) is 4.57 Å². The van der Waals surface area contributed by atoms with Crippen LogP contribution in [0.5, 0.6) is 0 Å². The van der Waals surface area contributed by atoms with Gasteiger partial charge in [-0.2, -0.15) is 5.26 Å². The zero-order chi connectivity index (χ0) is 26.8. The van der Waals surface area contributed by atoms with Gasteiger partial charge in [0.25, 0.3) is 0 Å². The van der Waals surface area contributed by atoms with E-state index in [-0.39, 0.29) is 5.92 Å². The number of fused-ring (bicyclic) bond motifs is 4. The molecule has 6 aromatic rings. The highest BCUT2D eigenvalue weighted by Gasteiger charge is 2.14. The molecule has 1 N–H and O–H groups in total. The van der Waals surface area contributed by atoms with Crippen molar-refractivity contribution in [3.63, 3.8) is 0 Å². The molecule has 7 heteroatoms. The number of aryl methyl sites for hydroxylation is 1. The first-order valence-electron chi connectivity index (χ1n) is 12.3. The largest absolute Gasteiger partial charge is 0.321 e. The van der Waals surface area contributed by atoms with Crippen molar-refractivity contribution in [3.8, 4) is 22.9 Å². The van der Waals surface area contributed by atoms with Crippen LogP contribution in [-0.2, 0) is 0 Å². The van der Waals surface area contributed by atoms with Gasteiger partial charge in [-0.15, -0.1) is 0 Å². The first-order chi connectivity index (χ1) is 18.4. The quantitative estimate of drug-likeness (QED) is 0.235. The van der Waals surface area contributed by atoms with Gasteiger partial charge in [-0.05, 0) is 62.7 Å². The number of para-hydroxylation sites is 1. The number of hydrogen-bond acceptors (Lipinski definition) is 5. The van der Waals surface area contributed by atoms with Crippen LogP contribution in [0, 0.1) is 24.2 Å². The lowest BCUT2D eigenvalue weighted by Crippen LogP contribution is -2.35. The summed E-state index contributed by atoms with van der Waals surface area (Å²) in [5.74, 6) is 0.190. The zero-order valence-electron chi connectivity index (χ0n) is 21.3. The van der Waals surface area contributed by atoms with Gasteiger partial charge >= 0.3 is 11.1 Å². The van der Waals surface area contributed by atoms with Crippen molar-refractivity contribution >= 4 is 32.8 Å². The molecule has 0 aliphatic rings. The normalized spacial score (nSPS) is 10.9. The molecule has 0 saturated carbocycles. The van der Waals surface area contributed by atoms with E-state index in [2.05, 4.69) is 21.0 Å². The van der Waals surface area contributed by atoms with E-state index >= 15 is 0 Å². The van der Waals surface area contributed by atoms with Crippen LogP contribution in [0.4, 0.5) is 0 Å². The number of aromatic amines is 1. The summed E-state index contributed by atoms with van der Waals surface area (Å²) in [5.41, 5.74) is 5.07. The molecule has 0 bridgehead atoms. The van der Waals surface area contributed by atoms with Crippen molar-refractivity contribution in [3.05, 3.63) is 111 Å². The molecule has 3 aromatic heterocycles. The van der Waals surface area contributed by atoms with Crippen LogP contribution in [0.3, 0.4) is 0 Å². The average Bonchev–Trinajstić information content (AvgIpc) is 2.94. The van der Waals surface area contributed by atoms with Crippen molar-refractivity contribution < 1.29 is 0 Å². The van der Waals surface area contributed by atoms with Gasteiger partial charge in [0.15, 0.2) is 0 Å². The SMILES string of the molecule is CC(C)C#N.Cc1ccc(-n2c(=O)c(=O)[nH]c3cnc4ccc(-c5cnc6ccccc6c5)cc4c32)cc1. The third-order valence-electron chi connectivity index (χ3n) is 6.18. The Kier molecular flexibility index (Phi) is 6.55. The summed E-state index contributed by atoms with van der Waals surface area (Å²) in [6.07, 6.45) is 3.44. The number of rotatable bonds is 2. The second-order valence-corrected chi connectivity index (χ2v) is 9.38. The molecule has 0 radical (unpaired) electrons. The Morgan fingerprint density at radius 2 is 1.58 bits per heavy atom. The number of hydrogen-bond donors (Lipinski definition) is 1. The van der Waals surface area contributed by atoms with Gasteiger partial charge in [-0.3, -0.25) is 24.1 Å². The molecule has 0 unspecified atom stereocenters. The fourth-order valence-electron chi connectivity index (χ4n) is 4.24. The summed E-state index contributed by atoms with van der Waals surface area (Å²) < 4.78 is 1.47. The van der Waals surface area contributed by atoms with Crippen LogP contribution in [0.2, 0.25) is 0 Å². The van der Waals surface area contributed by atoms with Crippen LogP contribution in [0.1, 0.15) is 19.4 Å². The molecule has 0 atom stereocenters. The van der Waals surface area contributed by atoms with Crippen LogP contribution in [-0.4, -0.2) is 19.5 Å². The Balaban J connectivity index is 0.000000540. The first-order valence-corrected chi connectivity index (χ1v) is 12.3. The van der Waals surface area contributed by atoms with E-state index < -0.39 is 11.1 Å². The van der Waals surface area contributed by atoms with Crippen molar-refractivity contribution in [1.29, 1.82) is 5.26 Å². The second-order valence-electron chi connectivity index (χ2n) is 9.38. The average molecular weight is 500 g/mol. The Morgan fingerprint density at radius 3 is 2.32 bits per heavy atom. The van der Waals surface area contributed by atoms with Gasteiger partial charge in [0.1, 0.15) is 0 Å². The number of aromatic nitrogens is 4. The zero-order valence-corrected chi connectivity index (χ0v) is 21.3. The Hall–Kier alpha value is -5.09. The molecule has 0 amide bonds. The predicted molar refractivity (Wildman–Crippen MR) is 151 cm³/mol. The summed E-state index contributed by atoms with van der Waals surface area (Å²) in [6, 6.07) is 25.5. The van der Waals surface area contributed by atoms with E-state index in [0.717, 1.165) is 38.5 Å². The molecule has 0 aliphatic heterocycles. The molecule has 186 valence electrons. The molecular weight excluding hydrogens is 474 g/mol. The monoisotopic (exact) mass is 499 g/mol. The maximum Gasteiger partial charge on any atom is 0.321 e. The molecule has 0 fully saturated rings. The lowest BCUT2D eigenvalue weighted by Gasteiger charge is -2.13. The number of nitrogens with zero attached hydrogens (tertiary/aromatic N) is 4. The minimum absolute atomic E-state index is 0.190. The van der Waals surface area contributed by atoms with Crippen molar-refractivity contribution in [2.45, 2.75) is 20.8 Å². The van der Waals surface area contributed by atoms with Crippen LogP contribution in [0.15, 0.2) is 94.8 Å². The Labute approximate surface area is 218 Å². The fourth-order valence-corrected chi connectivity index (χ4v) is 4.24. The molecule has 0 aliphatic carbocycles. The maximum absolute atomic E-state index is 13.0. The van der Waals surface area contributed by atoms with Gasteiger partial charge in [-0.1, -0.05) is 42.0 Å². The summed E-state index contributed by atoms with van der Waals surface area (Å²) in [6.45, 7) is 5.70. The van der Waals surface area contributed by atoms with Gasteiger partial charge < -0.3 is 4.98 Å². The van der Waals surface area contributed by atoms with E-state index in [4.69, 9.17) is 5.26 Å². The minimum Gasteiger partial charge on any atom is -0.315 e. The summed E-state index contributed by atoms with van der Waals surface area (Å²) in [4.78, 5) is 37.2.